The summed E-state index contributed by atoms with van der Waals surface area (Å²) < 4.78 is 5.06. The van der Waals surface area contributed by atoms with Crippen molar-refractivity contribution in [1.29, 1.82) is 0 Å². The molecular formula is C12H16ClNO4. The van der Waals surface area contributed by atoms with Gasteiger partial charge in [0.15, 0.2) is 11.0 Å². The van der Waals surface area contributed by atoms with E-state index in [1.54, 1.807) is 4.90 Å². The lowest BCUT2D eigenvalue weighted by Gasteiger charge is -2.25. The van der Waals surface area contributed by atoms with Crippen LogP contribution in [0, 0.1) is 0 Å². The van der Waals surface area contributed by atoms with Gasteiger partial charge >= 0.3 is 5.97 Å². The van der Waals surface area contributed by atoms with Gasteiger partial charge in [-0.05, 0) is 44.0 Å². The Morgan fingerprint density at radius 1 is 1.44 bits per heavy atom. The van der Waals surface area contributed by atoms with E-state index >= 15 is 0 Å². The summed E-state index contributed by atoms with van der Waals surface area (Å²) in [4.78, 5) is 24.1. The maximum absolute atomic E-state index is 12.1. The second kappa shape index (κ2) is 6.44. The van der Waals surface area contributed by atoms with Crippen LogP contribution in [-0.4, -0.2) is 34.5 Å². The van der Waals surface area contributed by atoms with Crippen LogP contribution in [0.5, 0.6) is 0 Å². The van der Waals surface area contributed by atoms with Gasteiger partial charge < -0.3 is 14.4 Å². The highest BCUT2D eigenvalue weighted by Crippen LogP contribution is 2.16. The molecule has 0 spiro atoms. The molecule has 6 heteroatoms. The van der Waals surface area contributed by atoms with E-state index in [-0.39, 0.29) is 29.3 Å². The standard InChI is InChI=1S/C12H16ClNO4/c1-8(2)14(7-3-4-11(15)16)12(17)9-5-6-10(13)18-9/h5-6,8H,3-4,7H2,1-2H3,(H,15,16). The van der Waals surface area contributed by atoms with E-state index in [0.29, 0.717) is 13.0 Å². The molecule has 18 heavy (non-hydrogen) atoms. The van der Waals surface area contributed by atoms with Crippen LogP contribution in [0.1, 0.15) is 37.2 Å². The van der Waals surface area contributed by atoms with Crippen molar-refractivity contribution < 1.29 is 19.1 Å². The number of carboxylic acids is 1. The van der Waals surface area contributed by atoms with Gasteiger partial charge in [0, 0.05) is 19.0 Å². The van der Waals surface area contributed by atoms with E-state index < -0.39 is 5.97 Å². The smallest absolute Gasteiger partial charge is 0.303 e. The van der Waals surface area contributed by atoms with Crippen molar-refractivity contribution in [2.45, 2.75) is 32.7 Å². The Bertz CT molecular complexity index is 427. The number of hydrogen-bond acceptors (Lipinski definition) is 3. The lowest BCUT2D eigenvalue weighted by atomic mass is 10.2. The number of hydrogen-bond donors (Lipinski definition) is 1. The van der Waals surface area contributed by atoms with Crippen molar-refractivity contribution in [2.24, 2.45) is 0 Å². The van der Waals surface area contributed by atoms with Crippen molar-refractivity contribution in [3.63, 3.8) is 0 Å². The summed E-state index contributed by atoms with van der Waals surface area (Å²) in [5.74, 6) is -0.974. The highest BCUT2D eigenvalue weighted by Gasteiger charge is 2.21. The van der Waals surface area contributed by atoms with E-state index in [9.17, 15) is 9.59 Å². The molecule has 0 aliphatic rings. The predicted octanol–water partition coefficient (Wildman–Crippen LogP) is 2.65. The monoisotopic (exact) mass is 273 g/mol. The molecule has 1 N–H and O–H groups in total. The Morgan fingerprint density at radius 2 is 2.11 bits per heavy atom. The first-order valence-electron chi connectivity index (χ1n) is 5.70. The Kier molecular flexibility index (Phi) is 5.22. The third kappa shape index (κ3) is 4.07. The van der Waals surface area contributed by atoms with Gasteiger partial charge in [-0.1, -0.05) is 0 Å². The molecule has 0 aliphatic carbocycles. The maximum atomic E-state index is 12.1. The number of rotatable bonds is 6. The number of furan rings is 1. The van der Waals surface area contributed by atoms with Crippen LogP contribution < -0.4 is 0 Å². The third-order valence-electron chi connectivity index (χ3n) is 2.46. The second-order valence-corrected chi connectivity index (χ2v) is 4.57. The summed E-state index contributed by atoms with van der Waals surface area (Å²) in [7, 11) is 0. The SMILES string of the molecule is CC(C)N(CCCC(=O)O)C(=O)c1ccc(Cl)o1. The molecule has 1 amide bonds. The summed E-state index contributed by atoms with van der Waals surface area (Å²) in [6.45, 7) is 4.10. The number of carbonyl (C=O) groups is 2. The van der Waals surface area contributed by atoms with Crippen molar-refractivity contribution in [2.75, 3.05) is 6.54 Å². The van der Waals surface area contributed by atoms with Gasteiger partial charge in [-0.3, -0.25) is 9.59 Å². The number of amides is 1. The van der Waals surface area contributed by atoms with Crippen LogP contribution in [0.25, 0.3) is 0 Å². The number of aliphatic carboxylic acids is 1. The van der Waals surface area contributed by atoms with Crippen LogP contribution in [-0.2, 0) is 4.79 Å². The van der Waals surface area contributed by atoms with Gasteiger partial charge in [0.1, 0.15) is 0 Å². The summed E-state index contributed by atoms with van der Waals surface area (Å²) in [5, 5.41) is 8.74. The fourth-order valence-electron chi connectivity index (χ4n) is 1.57. The first kappa shape index (κ1) is 14.6. The molecule has 0 saturated carbocycles. The molecule has 100 valence electrons. The van der Waals surface area contributed by atoms with Gasteiger partial charge in [-0.15, -0.1) is 0 Å². The largest absolute Gasteiger partial charge is 0.481 e. The first-order valence-corrected chi connectivity index (χ1v) is 6.07. The molecular weight excluding hydrogens is 258 g/mol. The van der Waals surface area contributed by atoms with Gasteiger partial charge in [-0.2, -0.15) is 0 Å². The van der Waals surface area contributed by atoms with E-state index in [1.807, 2.05) is 13.8 Å². The molecule has 1 aromatic rings. The van der Waals surface area contributed by atoms with E-state index in [4.69, 9.17) is 21.1 Å². The van der Waals surface area contributed by atoms with Crippen molar-refractivity contribution in [3.8, 4) is 0 Å². The van der Waals surface area contributed by atoms with Crippen molar-refractivity contribution >= 4 is 23.5 Å². The topological polar surface area (TPSA) is 70.8 Å². The van der Waals surface area contributed by atoms with Crippen LogP contribution >= 0.6 is 11.6 Å². The van der Waals surface area contributed by atoms with Gasteiger partial charge in [0.05, 0.1) is 0 Å². The highest BCUT2D eigenvalue weighted by molar-refractivity contribution is 6.29. The Balaban J connectivity index is 2.67. The minimum atomic E-state index is -0.868. The second-order valence-electron chi connectivity index (χ2n) is 4.19. The summed E-state index contributed by atoms with van der Waals surface area (Å²) in [6, 6.07) is 2.98. The van der Waals surface area contributed by atoms with Gasteiger partial charge in [0.25, 0.3) is 5.91 Å². The quantitative estimate of drug-likeness (QED) is 0.865. The molecule has 1 aromatic heterocycles. The zero-order valence-corrected chi connectivity index (χ0v) is 11.1. The fraction of sp³-hybridized carbons (Fsp3) is 0.500. The van der Waals surface area contributed by atoms with Crippen LogP contribution in [0.4, 0.5) is 0 Å². The zero-order chi connectivity index (χ0) is 13.7. The molecule has 0 bridgehead atoms. The molecule has 5 nitrogen and oxygen atoms in total. The lowest BCUT2D eigenvalue weighted by molar-refractivity contribution is -0.137. The molecule has 0 aliphatic heterocycles. The van der Waals surface area contributed by atoms with Gasteiger partial charge in [-0.25, -0.2) is 0 Å². The Morgan fingerprint density at radius 3 is 2.56 bits per heavy atom. The summed E-state index contributed by atoms with van der Waals surface area (Å²) in [5.41, 5.74) is 0. The number of carbonyl (C=O) groups excluding carboxylic acids is 1. The van der Waals surface area contributed by atoms with Crippen molar-refractivity contribution in [3.05, 3.63) is 23.1 Å². The van der Waals surface area contributed by atoms with E-state index in [0.717, 1.165) is 0 Å². The average Bonchev–Trinajstić information content (AvgIpc) is 2.69. The maximum Gasteiger partial charge on any atom is 0.303 e. The Hall–Kier alpha value is -1.49. The number of carboxylic acid groups (broad SMARTS) is 1. The molecule has 1 rings (SSSR count). The lowest BCUT2D eigenvalue weighted by Crippen LogP contribution is -2.37. The Labute approximate surface area is 110 Å². The van der Waals surface area contributed by atoms with Crippen LogP contribution in [0.15, 0.2) is 16.5 Å². The van der Waals surface area contributed by atoms with E-state index in [1.165, 1.54) is 12.1 Å². The molecule has 0 radical (unpaired) electrons. The molecule has 0 atom stereocenters. The van der Waals surface area contributed by atoms with Crippen LogP contribution in [0.3, 0.4) is 0 Å². The first-order chi connectivity index (χ1) is 8.41. The summed E-state index contributed by atoms with van der Waals surface area (Å²) in [6.07, 6.45) is 0.448. The summed E-state index contributed by atoms with van der Waals surface area (Å²) >= 11 is 5.62. The van der Waals surface area contributed by atoms with Crippen LogP contribution in [0.2, 0.25) is 5.22 Å². The molecule has 0 fully saturated rings. The zero-order valence-electron chi connectivity index (χ0n) is 10.4. The van der Waals surface area contributed by atoms with E-state index in [2.05, 4.69) is 0 Å². The highest BCUT2D eigenvalue weighted by atomic mass is 35.5. The molecule has 0 saturated heterocycles. The fourth-order valence-corrected chi connectivity index (χ4v) is 1.71. The van der Waals surface area contributed by atoms with Gasteiger partial charge in [0.2, 0.25) is 0 Å². The minimum Gasteiger partial charge on any atom is -0.481 e. The molecule has 0 aromatic carbocycles. The third-order valence-corrected chi connectivity index (χ3v) is 2.66. The van der Waals surface area contributed by atoms with Crippen molar-refractivity contribution in [1.82, 2.24) is 4.90 Å². The minimum absolute atomic E-state index is 0.0322. The number of nitrogens with zero attached hydrogens (tertiary/aromatic N) is 1. The molecule has 1 heterocycles. The predicted molar refractivity (Wildman–Crippen MR) is 66.8 cm³/mol. The average molecular weight is 274 g/mol. The molecule has 0 unspecified atom stereocenters. The normalized spacial score (nSPS) is 10.7. The number of halogens is 1.